The van der Waals surface area contributed by atoms with E-state index >= 15 is 0 Å². The Kier molecular flexibility index (Phi) is 2.76. The normalized spacial score (nSPS) is 33.6. The summed E-state index contributed by atoms with van der Waals surface area (Å²) >= 11 is 0. The molecule has 0 aromatic rings. The number of carbonyl (C=O) groups is 2. The molecule has 2 saturated carbocycles. The average Bonchev–Trinajstić information content (AvgIpc) is 2.80. The zero-order valence-corrected chi connectivity index (χ0v) is 10.3. The molecule has 0 aromatic carbocycles. The van der Waals surface area contributed by atoms with Gasteiger partial charge in [0.15, 0.2) is 6.73 Å². The predicted molar refractivity (Wildman–Crippen MR) is 61.9 cm³/mol. The lowest BCUT2D eigenvalue weighted by molar-refractivity contribution is -0.145. The van der Waals surface area contributed by atoms with E-state index in [1.54, 1.807) is 0 Å². The fraction of sp³-hybridized carbons (Fsp3) is 0.692. The van der Waals surface area contributed by atoms with Gasteiger partial charge in [0, 0.05) is 12.8 Å². The van der Waals surface area contributed by atoms with E-state index in [0.717, 1.165) is 29.6 Å². The molecule has 0 radical (unpaired) electrons. The summed E-state index contributed by atoms with van der Waals surface area (Å²) in [6.07, 6.45) is 4.25. The van der Waals surface area contributed by atoms with Gasteiger partial charge in [0.25, 0.3) is 5.95 Å². The van der Waals surface area contributed by atoms with E-state index in [9.17, 15) is 9.59 Å². The molecule has 18 heavy (non-hydrogen) atoms. The highest BCUT2D eigenvalue weighted by Crippen LogP contribution is 2.52. The fourth-order valence-corrected chi connectivity index (χ4v) is 2.88. The molecule has 0 aromatic heterocycles. The van der Waals surface area contributed by atoms with Gasteiger partial charge in [-0.3, -0.25) is 9.59 Å². The third-order valence-electron chi connectivity index (χ3n) is 4.01. The van der Waals surface area contributed by atoms with Crippen LogP contribution in [0.4, 0.5) is 0 Å². The summed E-state index contributed by atoms with van der Waals surface area (Å²) in [5.74, 6) is 1.52. The Morgan fingerprint density at radius 2 is 1.78 bits per heavy atom. The van der Waals surface area contributed by atoms with Gasteiger partial charge >= 0.3 is 0 Å². The van der Waals surface area contributed by atoms with Crippen molar-refractivity contribution >= 4 is 11.8 Å². The highest BCUT2D eigenvalue weighted by Gasteiger charge is 2.47. The molecule has 3 aliphatic rings. The number of nitrogens with zero attached hydrogens (tertiary/aromatic N) is 1. The number of rotatable bonds is 5. The zero-order chi connectivity index (χ0) is 12.7. The van der Waals surface area contributed by atoms with Gasteiger partial charge in [0.2, 0.25) is 11.8 Å². The van der Waals surface area contributed by atoms with Gasteiger partial charge in [0.1, 0.15) is 6.10 Å². The summed E-state index contributed by atoms with van der Waals surface area (Å²) in [4.78, 5) is 23.8. The molecule has 1 unspecified atom stereocenters. The van der Waals surface area contributed by atoms with Crippen molar-refractivity contribution in [3.05, 3.63) is 12.5 Å². The Bertz CT molecular complexity index is 380. The van der Waals surface area contributed by atoms with Crippen LogP contribution in [0.15, 0.2) is 12.5 Å². The molecule has 2 amide bonds. The average molecular weight is 251 g/mol. The SMILES string of the molecule is C=C(OCN1C(=O)CCC1=O)OC1C[C@@H]2C[C@@H]2C1. The van der Waals surface area contributed by atoms with Crippen LogP contribution in [0.1, 0.15) is 32.1 Å². The third kappa shape index (κ3) is 2.21. The molecule has 3 fully saturated rings. The van der Waals surface area contributed by atoms with Crippen molar-refractivity contribution in [1.29, 1.82) is 0 Å². The Balaban J connectivity index is 1.41. The lowest BCUT2D eigenvalue weighted by Gasteiger charge is -2.19. The molecular formula is C13H17NO4. The number of hydrogen-bond donors (Lipinski definition) is 0. The van der Waals surface area contributed by atoms with Crippen LogP contribution in [0.2, 0.25) is 0 Å². The molecule has 5 heteroatoms. The molecular weight excluding hydrogens is 234 g/mol. The summed E-state index contributed by atoms with van der Waals surface area (Å²) in [6.45, 7) is 3.60. The molecule has 3 atom stereocenters. The van der Waals surface area contributed by atoms with Crippen LogP contribution in [-0.2, 0) is 19.1 Å². The molecule has 2 aliphatic carbocycles. The summed E-state index contributed by atoms with van der Waals surface area (Å²) in [5.41, 5.74) is 0. The minimum atomic E-state index is -0.185. The van der Waals surface area contributed by atoms with E-state index in [1.165, 1.54) is 6.42 Å². The molecule has 3 rings (SSSR count). The summed E-state index contributed by atoms with van der Waals surface area (Å²) in [7, 11) is 0. The summed E-state index contributed by atoms with van der Waals surface area (Å²) in [5, 5.41) is 0. The second-order valence-corrected chi connectivity index (χ2v) is 5.33. The molecule has 1 aliphatic heterocycles. The fourth-order valence-electron chi connectivity index (χ4n) is 2.88. The van der Waals surface area contributed by atoms with Crippen molar-refractivity contribution in [2.45, 2.75) is 38.2 Å². The maximum Gasteiger partial charge on any atom is 0.273 e. The molecule has 1 saturated heterocycles. The van der Waals surface area contributed by atoms with E-state index in [2.05, 4.69) is 6.58 Å². The summed E-state index contributed by atoms with van der Waals surface area (Å²) in [6, 6.07) is 0. The first-order chi connectivity index (χ1) is 8.63. The largest absolute Gasteiger partial charge is 0.462 e. The Hall–Kier alpha value is -1.52. The first kappa shape index (κ1) is 11.6. The van der Waals surface area contributed by atoms with E-state index in [0.29, 0.717) is 0 Å². The van der Waals surface area contributed by atoms with Gasteiger partial charge in [-0.15, -0.1) is 0 Å². The third-order valence-corrected chi connectivity index (χ3v) is 4.01. The molecule has 5 nitrogen and oxygen atoms in total. The Morgan fingerprint density at radius 1 is 1.17 bits per heavy atom. The number of likely N-dealkylation sites (tertiary alicyclic amines) is 1. The van der Waals surface area contributed by atoms with Crippen molar-refractivity contribution in [3.63, 3.8) is 0 Å². The number of carbonyl (C=O) groups excluding carboxylic acids is 2. The second kappa shape index (κ2) is 4.30. The first-order valence-corrected chi connectivity index (χ1v) is 6.45. The number of imide groups is 1. The van der Waals surface area contributed by atoms with Crippen LogP contribution in [0.5, 0.6) is 0 Å². The van der Waals surface area contributed by atoms with Crippen LogP contribution in [0, 0.1) is 11.8 Å². The smallest absolute Gasteiger partial charge is 0.273 e. The highest BCUT2D eigenvalue weighted by molar-refractivity contribution is 6.01. The van der Waals surface area contributed by atoms with Crippen LogP contribution in [0.25, 0.3) is 0 Å². The maximum absolute atomic E-state index is 11.3. The van der Waals surface area contributed by atoms with Gasteiger partial charge in [-0.05, 0) is 37.7 Å². The van der Waals surface area contributed by atoms with Crippen molar-refractivity contribution in [2.75, 3.05) is 6.73 Å². The minimum absolute atomic E-state index is 0.0733. The number of fused-ring (bicyclic) bond motifs is 1. The van der Waals surface area contributed by atoms with E-state index in [1.807, 2.05) is 0 Å². The molecule has 0 bridgehead atoms. The number of amides is 2. The number of ether oxygens (including phenoxy) is 2. The lowest BCUT2D eigenvalue weighted by Crippen LogP contribution is -2.31. The highest BCUT2D eigenvalue weighted by atomic mass is 16.7. The van der Waals surface area contributed by atoms with Gasteiger partial charge in [-0.1, -0.05) is 0 Å². The van der Waals surface area contributed by atoms with Crippen LogP contribution in [0.3, 0.4) is 0 Å². The number of hydrogen-bond acceptors (Lipinski definition) is 4. The van der Waals surface area contributed by atoms with Crippen molar-refractivity contribution in [1.82, 2.24) is 4.90 Å². The van der Waals surface area contributed by atoms with Crippen LogP contribution < -0.4 is 0 Å². The van der Waals surface area contributed by atoms with Gasteiger partial charge in [-0.25, -0.2) is 4.90 Å². The lowest BCUT2D eigenvalue weighted by atomic mass is 10.2. The topological polar surface area (TPSA) is 55.8 Å². The standard InChI is InChI=1S/C13H17NO4/c1-8(18-11-5-9-4-10(9)6-11)17-7-14-12(15)2-3-13(14)16/h9-11H,1-7H2/t9-,10+,11?. The van der Waals surface area contributed by atoms with E-state index in [-0.39, 0.29) is 43.4 Å². The Morgan fingerprint density at radius 3 is 2.39 bits per heavy atom. The molecule has 0 N–H and O–H groups in total. The maximum atomic E-state index is 11.3. The van der Waals surface area contributed by atoms with Gasteiger partial charge < -0.3 is 9.47 Å². The minimum Gasteiger partial charge on any atom is -0.462 e. The first-order valence-electron chi connectivity index (χ1n) is 6.45. The second-order valence-electron chi connectivity index (χ2n) is 5.33. The van der Waals surface area contributed by atoms with Crippen LogP contribution in [-0.4, -0.2) is 29.5 Å². The predicted octanol–water partition coefficient (Wildman–Crippen LogP) is 1.40. The van der Waals surface area contributed by atoms with Crippen molar-refractivity contribution < 1.29 is 19.1 Å². The molecule has 1 heterocycles. The zero-order valence-electron chi connectivity index (χ0n) is 10.3. The van der Waals surface area contributed by atoms with Gasteiger partial charge in [-0.2, -0.15) is 0 Å². The van der Waals surface area contributed by atoms with Gasteiger partial charge in [0.05, 0.1) is 0 Å². The summed E-state index contributed by atoms with van der Waals surface area (Å²) < 4.78 is 10.8. The van der Waals surface area contributed by atoms with E-state index < -0.39 is 0 Å². The molecule has 0 spiro atoms. The quantitative estimate of drug-likeness (QED) is 0.547. The van der Waals surface area contributed by atoms with Crippen LogP contribution >= 0.6 is 0 Å². The van der Waals surface area contributed by atoms with Crippen molar-refractivity contribution in [3.8, 4) is 0 Å². The monoisotopic (exact) mass is 251 g/mol. The van der Waals surface area contributed by atoms with E-state index in [4.69, 9.17) is 9.47 Å². The van der Waals surface area contributed by atoms with Crippen molar-refractivity contribution in [2.24, 2.45) is 11.8 Å². The molecule has 98 valence electrons. The Labute approximate surface area is 106 Å².